The van der Waals surface area contributed by atoms with Gasteiger partial charge in [0.2, 0.25) is 0 Å². The second kappa shape index (κ2) is 10.2. The van der Waals surface area contributed by atoms with Gasteiger partial charge in [-0.05, 0) is 43.7 Å². The largest absolute Gasteiger partial charge is 0.382 e. The molecule has 0 saturated carbocycles. The zero-order chi connectivity index (χ0) is 22.7. The number of sulfonamides is 1. The number of hydrogen-bond donors (Lipinski definition) is 1. The van der Waals surface area contributed by atoms with Crippen LogP contribution in [-0.4, -0.2) is 60.3 Å². The molecule has 1 atom stereocenters. The average Bonchev–Trinajstić information content (AvgIpc) is 2.81. The molecule has 0 amide bonds. The number of nitrogens with zero attached hydrogens (tertiary/aromatic N) is 4. The van der Waals surface area contributed by atoms with Crippen LogP contribution in [0.3, 0.4) is 0 Å². The summed E-state index contributed by atoms with van der Waals surface area (Å²) in [5.74, 6) is 0.383. The van der Waals surface area contributed by atoms with Gasteiger partial charge in [0, 0.05) is 36.9 Å². The highest BCUT2D eigenvalue weighted by Crippen LogP contribution is 2.27. The van der Waals surface area contributed by atoms with E-state index in [9.17, 15) is 13.2 Å². The fourth-order valence-electron chi connectivity index (χ4n) is 4.04. The number of hydrogen-bond acceptors (Lipinski definition) is 7. The van der Waals surface area contributed by atoms with Crippen molar-refractivity contribution in [3.05, 3.63) is 44.4 Å². The summed E-state index contributed by atoms with van der Waals surface area (Å²) in [6.07, 6.45) is 6.05. The summed E-state index contributed by atoms with van der Waals surface area (Å²) in [4.78, 5) is 16.8. The van der Waals surface area contributed by atoms with Crippen molar-refractivity contribution >= 4 is 43.2 Å². The highest BCUT2D eigenvalue weighted by atomic mass is 79.9. The maximum absolute atomic E-state index is 12.9. The lowest BCUT2D eigenvalue weighted by atomic mass is 10.0. The Bertz CT molecular complexity index is 1120. The molecule has 2 aromatic rings. The third-order valence-electron chi connectivity index (χ3n) is 5.85. The SMILES string of the molecule is O=c1c(Cl)c(NC[C@H]2CCCOC2)cnn1C1CCN(S(=O)(=O)c2cc(Br)ccn2)CC1. The van der Waals surface area contributed by atoms with Crippen molar-refractivity contribution in [2.45, 2.75) is 36.8 Å². The summed E-state index contributed by atoms with van der Waals surface area (Å²) >= 11 is 9.63. The van der Waals surface area contributed by atoms with Crippen LogP contribution in [0, 0.1) is 5.92 Å². The monoisotopic (exact) mass is 545 g/mol. The van der Waals surface area contributed by atoms with Gasteiger partial charge in [0.1, 0.15) is 5.02 Å². The molecule has 4 heterocycles. The Morgan fingerprint density at radius 2 is 2.06 bits per heavy atom. The Kier molecular flexibility index (Phi) is 7.51. The van der Waals surface area contributed by atoms with Crippen LogP contribution in [0.25, 0.3) is 0 Å². The number of nitrogens with one attached hydrogen (secondary N) is 1. The molecule has 2 aliphatic heterocycles. The number of aromatic nitrogens is 3. The molecule has 12 heteroatoms. The molecule has 2 fully saturated rings. The van der Waals surface area contributed by atoms with Gasteiger partial charge in [-0.25, -0.2) is 18.1 Å². The second-order valence-electron chi connectivity index (χ2n) is 8.03. The molecule has 9 nitrogen and oxygen atoms in total. The molecule has 2 aliphatic rings. The summed E-state index contributed by atoms with van der Waals surface area (Å²) < 4.78 is 34.6. The van der Waals surface area contributed by atoms with E-state index in [2.05, 4.69) is 31.3 Å². The predicted molar refractivity (Wildman–Crippen MR) is 125 cm³/mol. The fraction of sp³-hybridized carbons (Fsp3) is 0.550. The topological polar surface area (TPSA) is 106 Å². The minimum Gasteiger partial charge on any atom is -0.382 e. The lowest BCUT2D eigenvalue weighted by Crippen LogP contribution is -2.41. The molecule has 0 spiro atoms. The van der Waals surface area contributed by atoms with Gasteiger partial charge < -0.3 is 10.1 Å². The highest BCUT2D eigenvalue weighted by molar-refractivity contribution is 9.10. The number of anilines is 1. The number of ether oxygens (including phenoxy) is 1. The summed E-state index contributed by atoms with van der Waals surface area (Å²) in [7, 11) is -3.70. The number of piperidine rings is 1. The van der Waals surface area contributed by atoms with E-state index in [1.807, 2.05) is 0 Å². The quantitative estimate of drug-likeness (QED) is 0.594. The maximum atomic E-state index is 12.9. The Morgan fingerprint density at radius 1 is 1.28 bits per heavy atom. The number of rotatable bonds is 6. The summed E-state index contributed by atoms with van der Waals surface area (Å²) in [5.41, 5.74) is 0.144. The van der Waals surface area contributed by atoms with E-state index in [0.717, 1.165) is 19.4 Å². The van der Waals surface area contributed by atoms with Gasteiger partial charge in [0.05, 0.1) is 24.5 Å². The van der Waals surface area contributed by atoms with Crippen molar-refractivity contribution in [2.75, 3.05) is 38.2 Å². The van der Waals surface area contributed by atoms with Crippen LogP contribution in [-0.2, 0) is 14.8 Å². The highest BCUT2D eigenvalue weighted by Gasteiger charge is 2.32. The Balaban J connectivity index is 1.41. The Morgan fingerprint density at radius 3 is 2.75 bits per heavy atom. The van der Waals surface area contributed by atoms with Crippen LogP contribution >= 0.6 is 27.5 Å². The van der Waals surface area contributed by atoms with Gasteiger partial charge in [-0.2, -0.15) is 9.40 Å². The van der Waals surface area contributed by atoms with Crippen molar-refractivity contribution in [2.24, 2.45) is 5.92 Å². The minimum atomic E-state index is -3.70. The molecular formula is C20H25BrClN5O4S. The lowest BCUT2D eigenvalue weighted by Gasteiger charge is -2.31. The van der Waals surface area contributed by atoms with E-state index < -0.39 is 10.0 Å². The summed E-state index contributed by atoms with van der Waals surface area (Å²) in [6.45, 7) is 2.72. The number of halogens is 2. The maximum Gasteiger partial charge on any atom is 0.287 e. The molecule has 0 unspecified atom stereocenters. The van der Waals surface area contributed by atoms with E-state index >= 15 is 0 Å². The van der Waals surface area contributed by atoms with Crippen molar-refractivity contribution in [3.8, 4) is 0 Å². The van der Waals surface area contributed by atoms with Crippen LogP contribution < -0.4 is 10.9 Å². The Hall–Kier alpha value is -1.53. The van der Waals surface area contributed by atoms with Crippen molar-refractivity contribution in [1.82, 2.24) is 19.1 Å². The van der Waals surface area contributed by atoms with Crippen molar-refractivity contribution < 1.29 is 13.2 Å². The van der Waals surface area contributed by atoms with Crippen molar-refractivity contribution in [3.63, 3.8) is 0 Å². The first kappa shape index (κ1) is 23.6. The zero-order valence-corrected chi connectivity index (χ0v) is 20.6. The first-order valence-corrected chi connectivity index (χ1v) is 13.2. The van der Waals surface area contributed by atoms with Gasteiger partial charge in [0.15, 0.2) is 5.03 Å². The van der Waals surface area contributed by atoms with Crippen LogP contribution in [0.5, 0.6) is 0 Å². The molecule has 0 aliphatic carbocycles. The van der Waals surface area contributed by atoms with Crippen LogP contribution in [0.2, 0.25) is 5.02 Å². The average molecular weight is 547 g/mol. The van der Waals surface area contributed by atoms with Crippen molar-refractivity contribution in [1.29, 1.82) is 0 Å². The van der Waals surface area contributed by atoms with E-state index in [0.29, 0.717) is 42.1 Å². The third-order valence-corrected chi connectivity index (χ3v) is 8.51. The Labute approximate surface area is 200 Å². The summed E-state index contributed by atoms with van der Waals surface area (Å²) in [5, 5.41) is 7.64. The normalized spacial score (nSPS) is 20.9. The van der Waals surface area contributed by atoms with E-state index in [4.69, 9.17) is 16.3 Å². The molecule has 4 rings (SSSR count). The number of pyridine rings is 1. The predicted octanol–water partition coefficient (Wildman–Crippen LogP) is 2.92. The standard InChI is InChI=1S/C20H25BrClN5O4S/c21-15-3-6-23-18(10-15)32(29,30)26-7-4-16(5-8-26)27-20(28)19(22)17(12-25-27)24-11-14-2-1-9-31-13-14/h3,6,10,12,14,16,24H,1-2,4-5,7-9,11,13H2/t14-/m1/s1. The van der Waals surface area contributed by atoms with Crippen LogP contribution in [0.1, 0.15) is 31.7 Å². The molecule has 1 N–H and O–H groups in total. The third kappa shape index (κ3) is 5.17. The van der Waals surface area contributed by atoms with Gasteiger partial charge in [-0.3, -0.25) is 4.79 Å². The minimum absolute atomic E-state index is 0.00227. The summed E-state index contributed by atoms with van der Waals surface area (Å²) in [6, 6.07) is 2.94. The molecule has 0 radical (unpaired) electrons. The van der Waals surface area contributed by atoms with Crippen LogP contribution in [0.15, 0.2) is 38.8 Å². The van der Waals surface area contributed by atoms with E-state index in [1.165, 1.54) is 21.3 Å². The fourth-order valence-corrected chi connectivity index (χ4v) is 6.15. The molecule has 2 saturated heterocycles. The molecule has 32 heavy (non-hydrogen) atoms. The van der Waals surface area contributed by atoms with E-state index in [-0.39, 0.29) is 34.7 Å². The van der Waals surface area contributed by atoms with E-state index in [1.54, 1.807) is 12.3 Å². The molecular weight excluding hydrogens is 522 g/mol. The smallest absolute Gasteiger partial charge is 0.287 e. The molecule has 2 aromatic heterocycles. The second-order valence-corrected chi connectivity index (χ2v) is 11.2. The van der Waals surface area contributed by atoms with Gasteiger partial charge >= 0.3 is 0 Å². The van der Waals surface area contributed by atoms with Gasteiger partial charge in [0.25, 0.3) is 15.6 Å². The first-order chi connectivity index (χ1) is 15.4. The van der Waals surface area contributed by atoms with Gasteiger partial charge in [-0.15, -0.1) is 0 Å². The van der Waals surface area contributed by atoms with Crippen LogP contribution in [0.4, 0.5) is 5.69 Å². The molecule has 0 bridgehead atoms. The lowest BCUT2D eigenvalue weighted by molar-refractivity contribution is 0.0595. The first-order valence-electron chi connectivity index (χ1n) is 10.6. The molecule has 174 valence electrons. The molecule has 0 aromatic carbocycles. The zero-order valence-electron chi connectivity index (χ0n) is 17.4. The van der Waals surface area contributed by atoms with Gasteiger partial charge in [-0.1, -0.05) is 27.5 Å².